The summed E-state index contributed by atoms with van der Waals surface area (Å²) < 4.78 is -0.125. The van der Waals surface area contributed by atoms with Crippen LogP contribution in [0.3, 0.4) is 0 Å². The van der Waals surface area contributed by atoms with Gasteiger partial charge in [0.1, 0.15) is 0 Å². The minimum atomic E-state index is -0.360. The fraction of sp³-hybridized carbons (Fsp3) is 0.900. The van der Waals surface area contributed by atoms with E-state index in [0.717, 1.165) is 25.3 Å². The van der Waals surface area contributed by atoms with Crippen molar-refractivity contribution < 1.29 is 4.79 Å². The summed E-state index contributed by atoms with van der Waals surface area (Å²) in [5, 5.41) is 0. The van der Waals surface area contributed by atoms with E-state index < -0.39 is 0 Å². The van der Waals surface area contributed by atoms with Crippen molar-refractivity contribution in [3.63, 3.8) is 0 Å². The van der Waals surface area contributed by atoms with Crippen LogP contribution in [0.5, 0.6) is 0 Å². The molecule has 1 atom stereocenters. The number of amides is 1. The number of thioether (sulfide) groups is 1. The van der Waals surface area contributed by atoms with Gasteiger partial charge < -0.3 is 10.6 Å². The number of nitrogens with two attached hydrogens (primary N) is 1. The molecule has 3 nitrogen and oxygen atoms in total. The normalized spacial score (nSPS) is 27.6. The second-order valence-electron chi connectivity index (χ2n) is 4.25. The van der Waals surface area contributed by atoms with Gasteiger partial charge in [-0.15, -0.1) is 0 Å². The van der Waals surface area contributed by atoms with E-state index in [1.165, 1.54) is 0 Å². The zero-order chi connectivity index (χ0) is 10.8. The molecule has 0 aromatic carbocycles. The van der Waals surface area contributed by atoms with E-state index in [1.54, 1.807) is 11.8 Å². The van der Waals surface area contributed by atoms with Gasteiger partial charge in [0.15, 0.2) is 0 Å². The van der Waals surface area contributed by atoms with Gasteiger partial charge in [0.05, 0.1) is 6.04 Å². The first-order valence-corrected chi connectivity index (χ1v) is 6.16. The topological polar surface area (TPSA) is 46.3 Å². The van der Waals surface area contributed by atoms with Crippen LogP contribution in [0, 0.1) is 0 Å². The summed E-state index contributed by atoms with van der Waals surface area (Å²) in [6.07, 6.45) is 1.00. The van der Waals surface area contributed by atoms with E-state index in [2.05, 4.69) is 20.8 Å². The molecule has 0 aliphatic carbocycles. The standard InChI is InChI=1S/C10H20N2OS/c1-4-5-12-6-7-14-10(2,3)8(11)9(12)13/h8H,4-7,11H2,1-3H3. The second kappa shape index (κ2) is 4.53. The molecule has 0 spiro atoms. The lowest BCUT2D eigenvalue weighted by Crippen LogP contribution is -2.51. The van der Waals surface area contributed by atoms with Gasteiger partial charge in [-0.2, -0.15) is 11.8 Å². The molecule has 82 valence electrons. The molecule has 2 N–H and O–H groups in total. The van der Waals surface area contributed by atoms with Gasteiger partial charge in [-0.05, 0) is 20.3 Å². The molecule has 1 saturated heterocycles. The lowest BCUT2D eigenvalue weighted by Gasteiger charge is -2.29. The Labute approximate surface area is 90.4 Å². The van der Waals surface area contributed by atoms with Crippen molar-refractivity contribution in [2.75, 3.05) is 18.8 Å². The van der Waals surface area contributed by atoms with E-state index in [1.807, 2.05) is 4.90 Å². The quantitative estimate of drug-likeness (QED) is 0.751. The summed E-state index contributed by atoms with van der Waals surface area (Å²) in [7, 11) is 0. The maximum Gasteiger partial charge on any atom is 0.240 e. The molecule has 0 aromatic heterocycles. The highest BCUT2D eigenvalue weighted by Crippen LogP contribution is 2.30. The van der Waals surface area contributed by atoms with Gasteiger partial charge in [-0.3, -0.25) is 4.79 Å². The van der Waals surface area contributed by atoms with Crippen LogP contribution in [0.15, 0.2) is 0 Å². The summed E-state index contributed by atoms with van der Waals surface area (Å²) in [5.74, 6) is 1.11. The van der Waals surface area contributed by atoms with E-state index in [4.69, 9.17) is 5.73 Å². The highest BCUT2D eigenvalue weighted by Gasteiger charge is 2.37. The van der Waals surface area contributed by atoms with Crippen molar-refractivity contribution in [2.24, 2.45) is 5.73 Å². The zero-order valence-corrected chi connectivity index (χ0v) is 10.1. The number of carbonyl (C=O) groups excluding carboxylic acids is 1. The number of nitrogens with zero attached hydrogens (tertiary/aromatic N) is 1. The van der Waals surface area contributed by atoms with E-state index in [0.29, 0.717) is 0 Å². The first-order chi connectivity index (χ1) is 6.49. The van der Waals surface area contributed by atoms with Crippen LogP contribution in [0.25, 0.3) is 0 Å². The van der Waals surface area contributed by atoms with Gasteiger partial charge in [0.25, 0.3) is 0 Å². The Hall–Kier alpha value is -0.220. The maximum atomic E-state index is 11.9. The Morgan fingerprint density at radius 3 is 2.86 bits per heavy atom. The summed E-state index contributed by atoms with van der Waals surface area (Å²) in [6.45, 7) is 7.87. The molecule has 1 unspecified atom stereocenters. The molecule has 1 amide bonds. The summed E-state index contributed by atoms with van der Waals surface area (Å²) in [4.78, 5) is 13.8. The SMILES string of the molecule is CCCN1CCSC(C)(C)C(N)C1=O. The molecule has 1 aliphatic rings. The second-order valence-corrected chi connectivity index (χ2v) is 6.00. The fourth-order valence-corrected chi connectivity index (χ4v) is 2.72. The first kappa shape index (κ1) is 11.9. The van der Waals surface area contributed by atoms with Crippen LogP contribution in [-0.4, -0.2) is 40.4 Å². The van der Waals surface area contributed by atoms with Crippen LogP contribution in [0.1, 0.15) is 27.2 Å². The highest BCUT2D eigenvalue weighted by molar-refractivity contribution is 8.00. The number of hydrogen-bond acceptors (Lipinski definition) is 3. The smallest absolute Gasteiger partial charge is 0.240 e. The van der Waals surface area contributed by atoms with Gasteiger partial charge in [-0.25, -0.2) is 0 Å². The third-order valence-corrected chi connectivity index (χ3v) is 4.04. The summed E-state index contributed by atoms with van der Waals surface area (Å²) in [6, 6.07) is -0.360. The van der Waals surface area contributed by atoms with Gasteiger partial charge in [0, 0.05) is 23.6 Å². The van der Waals surface area contributed by atoms with E-state index >= 15 is 0 Å². The average Bonchev–Trinajstić information content (AvgIpc) is 2.21. The van der Waals surface area contributed by atoms with Crippen molar-refractivity contribution >= 4 is 17.7 Å². The van der Waals surface area contributed by atoms with Crippen molar-refractivity contribution in [3.8, 4) is 0 Å². The van der Waals surface area contributed by atoms with Crippen molar-refractivity contribution in [3.05, 3.63) is 0 Å². The molecule has 0 bridgehead atoms. The first-order valence-electron chi connectivity index (χ1n) is 5.17. The fourth-order valence-electron chi connectivity index (χ4n) is 1.60. The lowest BCUT2D eigenvalue weighted by molar-refractivity contribution is -0.132. The van der Waals surface area contributed by atoms with Crippen LogP contribution < -0.4 is 5.73 Å². The van der Waals surface area contributed by atoms with Gasteiger partial charge in [-0.1, -0.05) is 6.92 Å². The summed E-state index contributed by atoms with van der Waals surface area (Å²) >= 11 is 1.80. The lowest BCUT2D eigenvalue weighted by atomic mass is 10.0. The maximum absolute atomic E-state index is 11.9. The van der Waals surface area contributed by atoms with Crippen molar-refractivity contribution in [1.82, 2.24) is 4.90 Å². The molecule has 14 heavy (non-hydrogen) atoms. The van der Waals surface area contributed by atoms with Crippen molar-refractivity contribution in [1.29, 1.82) is 0 Å². The molecule has 0 aromatic rings. The largest absolute Gasteiger partial charge is 0.340 e. The van der Waals surface area contributed by atoms with Crippen LogP contribution in [-0.2, 0) is 4.79 Å². The third kappa shape index (κ3) is 2.42. The Morgan fingerprint density at radius 1 is 1.64 bits per heavy atom. The molecule has 1 fully saturated rings. The van der Waals surface area contributed by atoms with Crippen molar-refractivity contribution in [2.45, 2.75) is 38.0 Å². The van der Waals surface area contributed by atoms with E-state index in [9.17, 15) is 4.79 Å². The third-order valence-electron chi connectivity index (χ3n) is 2.66. The summed E-state index contributed by atoms with van der Waals surface area (Å²) in [5.41, 5.74) is 5.96. The minimum absolute atomic E-state index is 0.113. The monoisotopic (exact) mass is 216 g/mol. The molecule has 1 heterocycles. The predicted molar refractivity (Wildman–Crippen MR) is 61.4 cm³/mol. The predicted octanol–water partition coefficient (Wildman–Crippen LogP) is 1.08. The zero-order valence-electron chi connectivity index (χ0n) is 9.25. The van der Waals surface area contributed by atoms with Crippen LogP contribution in [0.4, 0.5) is 0 Å². The number of rotatable bonds is 2. The Balaban J connectivity index is 2.74. The Kier molecular flexibility index (Phi) is 3.84. The van der Waals surface area contributed by atoms with E-state index in [-0.39, 0.29) is 16.7 Å². The molecule has 0 saturated carbocycles. The number of hydrogen-bond donors (Lipinski definition) is 1. The van der Waals surface area contributed by atoms with Gasteiger partial charge in [0.2, 0.25) is 5.91 Å². The Bertz CT molecular complexity index is 218. The molecule has 0 radical (unpaired) electrons. The molecule has 4 heteroatoms. The highest BCUT2D eigenvalue weighted by atomic mass is 32.2. The minimum Gasteiger partial charge on any atom is -0.340 e. The van der Waals surface area contributed by atoms with Crippen LogP contribution >= 0.6 is 11.8 Å². The average molecular weight is 216 g/mol. The number of carbonyl (C=O) groups is 1. The Morgan fingerprint density at radius 2 is 2.29 bits per heavy atom. The van der Waals surface area contributed by atoms with Crippen LogP contribution in [0.2, 0.25) is 0 Å². The van der Waals surface area contributed by atoms with Gasteiger partial charge >= 0.3 is 0 Å². The molecular weight excluding hydrogens is 196 g/mol. The molecular formula is C10H20N2OS. The molecule has 1 rings (SSSR count). The molecule has 1 aliphatic heterocycles.